The smallest absolute Gasteiger partial charge is 0.379 e. The number of aliphatic hydroxyl groups is 1. The molecule has 42 heavy (non-hydrogen) atoms. The number of aliphatic hydroxyl groups excluding tert-OH is 1. The quantitative estimate of drug-likeness (QED) is 0.301. The molecule has 0 unspecified atom stereocenters. The average Bonchev–Trinajstić information content (AvgIpc) is 2.98. The van der Waals surface area contributed by atoms with E-state index in [1.807, 2.05) is 0 Å². The van der Waals surface area contributed by atoms with E-state index < -0.39 is 47.5 Å². The lowest BCUT2D eigenvalue weighted by atomic mass is 9.77. The number of carboxylic acids is 1. The molecule has 1 heterocycles. The van der Waals surface area contributed by atoms with Gasteiger partial charge in [0.2, 0.25) is 0 Å². The summed E-state index contributed by atoms with van der Waals surface area (Å²) in [5.74, 6) is -8.02. The molecule has 11 heteroatoms. The number of carbonyl (C=O) groups excluding carboxylic acids is 2. The molecule has 0 saturated heterocycles. The average molecular weight is 599 g/mol. The Bertz CT molecular complexity index is 1470. The van der Waals surface area contributed by atoms with Crippen molar-refractivity contribution in [2.75, 3.05) is 0 Å². The van der Waals surface area contributed by atoms with E-state index in [0.29, 0.717) is 40.1 Å². The fraction of sp³-hybridized carbons (Fsp3) is 0.323. The number of alkyl halides is 2. The van der Waals surface area contributed by atoms with E-state index in [1.54, 1.807) is 53.4 Å². The van der Waals surface area contributed by atoms with Crippen LogP contribution < -0.4 is 5.48 Å². The number of benzene rings is 3. The second kappa shape index (κ2) is 12.2. The van der Waals surface area contributed by atoms with Crippen molar-refractivity contribution in [3.8, 4) is 0 Å². The van der Waals surface area contributed by atoms with Gasteiger partial charge in [0.15, 0.2) is 0 Å². The maximum atomic E-state index is 14.0. The van der Waals surface area contributed by atoms with Gasteiger partial charge in [-0.2, -0.15) is 8.78 Å². The van der Waals surface area contributed by atoms with E-state index >= 15 is 0 Å². The molecule has 5 rings (SSSR count). The number of fused-ring (bicyclic) bond motifs is 1. The molecule has 0 bridgehead atoms. The first-order chi connectivity index (χ1) is 20.1. The number of hydroxylamine groups is 1. The summed E-state index contributed by atoms with van der Waals surface area (Å²) in [5, 5.41) is 20.2. The van der Waals surface area contributed by atoms with Crippen LogP contribution in [-0.2, 0) is 27.0 Å². The monoisotopic (exact) mass is 598 g/mol. The van der Waals surface area contributed by atoms with Crippen molar-refractivity contribution in [1.29, 1.82) is 0 Å². The summed E-state index contributed by atoms with van der Waals surface area (Å²) >= 11 is 6.15. The molecule has 8 nitrogen and oxygen atoms in total. The summed E-state index contributed by atoms with van der Waals surface area (Å²) in [6.07, 6.45) is 2.05. The van der Waals surface area contributed by atoms with Gasteiger partial charge in [-0.25, -0.2) is 10.3 Å². The fourth-order valence-electron chi connectivity index (χ4n) is 5.82. The van der Waals surface area contributed by atoms with Crippen LogP contribution in [-0.4, -0.2) is 45.0 Å². The molecule has 4 atom stereocenters. The fourth-order valence-corrected chi connectivity index (χ4v) is 5.94. The van der Waals surface area contributed by atoms with Gasteiger partial charge in [-0.3, -0.25) is 14.4 Å². The van der Waals surface area contributed by atoms with E-state index in [4.69, 9.17) is 21.5 Å². The number of carboxylic acid groups (broad SMARTS) is 1. The summed E-state index contributed by atoms with van der Waals surface area (Å²) in [6.45, 7) is -0.186. The van der Waals surface area contributed by atoms with Gasteiger partial charge < -0.3 is 15.1 Å². The number of nitrogens with zero attached hydrogens (tertiary/aromatic N) is 1. The molecular formula is C31H29ClF2N2O6. The predicted molar refractivity (Wildman–Crippen MR) is 149 cm³/mol. The topological polar surface area (TPSA) is 116 Å². The minimum atomic E-state index is -4.03. The summed E-state index contributed by atoms with van der Waals surface area (Å²) in [4.78, 5) is 45.7. The number of carbonyl (C=O) groups is 3. The Balaban J connectivity index is 1.44. The molecule has 3 N–H and O–H groups in total. The Morgan fingerprint density at radius 3 is 2.33 bits per heavy atom. The SMILES string of the molecule is O=C(NOCc1ccc(C(F)(F)C(=O)O)cc1)[C@@H]1c2ccccc2C(=O)N([C@H]2CCCC[C@@H]2O)[C@H]1c1ccc(Cl)cc1. The first kappa shape index (κ1) is 29.6. The molecule has 0 radical (unpaired) electrons. The molecule has 1 saturated carbocycles. The molecule has 2 aliphatic rings. The Hall–Kier alpha value is -3.86. The zero-order valence-electron chi connectivity index (χ0n) is 22.4. The Morgan fingerprint density at radius 1 is 1.00 bits per heavy atom. The number of aliphatic carboxylic acids is 1. The summed E-state index contributed by atoms with van der Waals surface area (Å²) in [5.41, 5.74) is 3.72. The third-order valence-electron chi connectivity index (χ3n) is 7.92. The summed E-state index contributed by atoms with van der Waals surface area (Å²) in [7, 11) is 0. The Kier molecular flexibility index (Phi) is 8.58. The number of amides is 2. The van der Waals surface area contributed by atoms with Crippen LogP contribution in [0.15, 0.2) is 72.8 Å². The third-order valence-corrected chi connectivity index (χ3v) is 8.17. The van der Waals surface area contributed by atoms with Crippen molar-refractivity contribution in [1.82, 2.24) is 10.4 Å². The van der Waals surface area contributed by atoms with Gasteiger partial charge in [0.05, 0.1) is 30.7 Å². The highest BCUT2D eigenvalue weighted by molar-refractivity contribution is 6.30. The molecule has 3 aromatic carbocycles. The highest BCUT2D eigenvalue weighted by Crippen LogP contribution is 2.46. The maximum absolute atomic E-state index is 14.0. The highest BCUT2D eigenvalue weighted by Gasteiger charge is 2.48. The van der Waals surface area contributed by atoms with Gasteiger partial charge in [-0.05, 0) is 47.7 Å². The largest absolute Gasteiger partial charge is 0.477 e. The van der Waals surface area contributed by atoms with Gasteiger partial charge in [-0.15, -0.1) is 0 Å². The maximum Gasteiger partial charge on any atom is 0.379 e. The Labute approximate surface area is 245 Å². The minimum Gasteiger partial charge on any atom is -0.477 e. The van der Waals surface area contributed by atoms with Gasteiger partial charge in [0.1, 0.15) is 0 Å². The molecule has 2 amide bonds. The highest BCUT2D eigenvalue weighted by atomic mass is 35.5. The van der Waals surface area contributed by atoms with Crippen molar-refractivity contribution < 1.29 is 38.2 Å². The second-order valence-electron chi connectivity index (χ2n) is 10.5. The summed E-state index contributed by atoms with van der Waals surface area (Å²) in [6, 6.07) is 17.0. The molecule has 220 valence electrons. The number of rotatable bonds is 8. The van der Waals surface area contributed by atoms with Crippen LogP contribution in [0.25, 0.3) is 0 Å². The van der Waals surface area contributed by atoms with Crippen molar-refractivity contribution in [2.45, 2.75) is 62.3 Å². The van der Waals surface area contributed by atoms with Crippen molar-refractivity contribution in [3.05, 3.63) is 106 Å². The Morgan fingerprint density at radius 2 is 1.67 bits per heavy atom. The van der Waals surface area contributed by atoms with Crippen molar-refractivity contribution in [2.24, 2.45) is 0 Å². The van der Waals surface area contributed by atoms with Gasteiger partial charge in [0, 0.05) is 16.1 Å². The molecule has 1 aliphatic carbocycles. The summed E-state index contributed by atoms with van der Waals surface area (Å²) < 4.78 is 27.5. The van der Waals surface area contributed by atoms with E-state index in [-0.39, 0.29) is 12.5 Å². The number of halogens is 3. The van der Waals surface area contributed by atoms with Crippen LogP contribution in [0.2, 0.25) is 5.02 Å². The lowest BCUT2D eigenvalue weighted by molar-refractivity contribution is -0.166. The van der Waals surface area contributed by atoms with Crippen LogP contribution in [0.1, 0.15) is 70.3 Å². The van der Waals surface area contributed by atoms with Crippen molar-refractivity contribution >= 4 is 29.4 Å². The van der Waals surface area contributed by atoms with E-state index in [1.165, 1.54) is 12.1 Å². The molecule has 3 aromatic rings. The lowest BCUT2D eigenvalue weighted by Gasteiger charge is -2.48. The van der Waals surface area contributed by atoms with Crippen LogP contribution in [0.5, 0.6) is 0 Å². The van der Waals surface area contributed by atoms with Crippen LogP contribution in [0, 0.1) is 0 Å². The third kappa shape index (κ3) is 5.74. The van der Waals surface area contributed by atoms with Crippen LogP contribution >= 0.6 is 11.6 Å². The molecule has 1 fully saturated rings. The van der Waals surface area contributed by atoms with Crippen LogP contribution in [0.4, 0.5) is 8.78 Å². The van der Waals surface area contributed by atoms with Gasteiger partial charge in [0.25, 0.3) is 11.8 Å². The predicted octanol–water partition coefficient (Wildman–Crippen LogP) is 5.35. The second-order valence-corrected chi connectivity index (χ2v) is 11.0. The normalized spacial score (nSPS) is 22.4. The zero-order chi connectivity index (χ0) is 30.0. The molecule has 1 aliphatic heterocycles. The van der Waals surface area contributed by atoms with E-state index in [0.717, 1.165) is 25.0 Å². The number of hydrogen-bond acceptors (Lipinski definition) is 5. The van der Waals surface area contributed by atoms with Crippen molar-refractivity contribution in [3.63, 3.8) is 0 Å². The number of nitrogens with one attached hydrogen (secondary N) is 1. The standard InChI is InChI=1S/C31H29ClF2N2O6/c32-21-15-11-19(12-16-21)27-26(28(38)35-42-17-18-9-13-20(14-10-18)31(33,34)30(40)41)22-5-1-2-6-23(22)29(39)36(27)24-7-3-4-8-25(24)37/h1-2,5-6,9-16,24-27,37H,3-4,7-8,17H2,(H,35,38)(H,40,41)/t24-,25-,26+,27-/m0/s1. The van der Waals surface area contributed by atoms with Gasteiger partial charge >= 0.3 is 11.9 Å². The zero-order valence-corrected chi connectivity index (χ0v) is 23.1. The molecule has 0 spiro atoms. The first-order valence-corrected chi connectivity index (χ1v) is 13.9. The van der Waals surface area contributed by atoms with Crippen LogP contribution in [0.3, 0.4) is 0 Å². The van der Waals surface area contributed by atoms with E-state index in [2.05, 4.69) is 5.48 Å². The molecule has 0 aromatic heterocycles. The first-order valence-electron chi connectivity index (χ1n) is 13.6. The minimum absolute atomic E-state index is 0.186. The lowest BCUT2D eigenvalue weighted by Crippen LogP contribution is -2.55. The number of hydrogen-bond donors (Lipinski definition) is 3. The molecular weight excluding hydrogens is 570 g/mol. The van der Waals surface area contributed by atoms with Gasteiger partial charge in [-0.1, -0.05) is 79.0 Å². The van der Waals surface area contributed by atoms with E-state index in [9.17, 15) is 28.3 Å².